The quantitative estimate of drug-likeness (QED) is 0.417. The predicted molar refractivity (Wildman–Crippen MR) is 45.7 cm³/mol. The molecule has 0 saturated carbocycles. The molecule has 0 unspecified atom stereocenters. The van der Waals surface area contributed by atoms with E-state index < -0.39 is 11.9 Å². The maximum atomic E-state index is 11.2. The van der Waals surface area contributed by atoms with Crippen molar-refractivity contribution < 1.29 is 14.3 Å². The Hall–Kier alpha value is -1.38. The number of ether oxygens (including phenoxy) is 1. The fourth-order valence-corrected chi connectivity index (χ4v) is 1.79. The second-order valence-electron chi connectivity index (χ2n) is 3.49. The molecule has 0 N–H and O–H groups in total. The molecule has 0 spiro atoms. The number of fused-ring (bicyclic) bond motifs is 1. The van der Waals surface area contributed by atoms with Crippen LogP contribution in [0.2, 0.25) is 0 Å². The van der Waals surface area contributed by atoms with Gasteiger partial charge in [-0.15, -0.1) is 0 Å². The molecular formula is C10H10O3. The van der Waals surface area contributed by atoms with E-state index in [2.05, 4.69) is 4.74 Å². The summed E-state index contributed by atoms with van der Waals surface area (Å²) in [6.45, 7) is 3.75. The Kier molecular flexibility index (Phi) is 1.62. The summed E-state index contributed by atoms with van der Waals surface area (Å²) in [4.78, 5) is 22.5. The summed E-state index contributed by atoms with van der Waals surface area (Å²) in [5.41, 5.74) is 2.95. The summed E-state index contributed by atoms with van der Waals surface area (Å²) in [5, 5.41) is 0. The highest BCUT2D eigenvalue weighted by atomic mass is 16.6. The lowest BCUT2D eigenvalue weighted by Gasteiger charge is -2.12. The van der Waals surface area contributed by atoms with Crippen LogP contribution in [0.3, 0.4) is 0 Å². The summed E-state index contributed by atoms with van der Waals surface area (Å²) in [7, 11) is 0. The lowest BCUT2D eigenvalue weighted by molar-refractivity contribution is -0.149. The molecular weight excluding hydrogens is 168 g/mol. The molecule has 1 fully saturated rings. The first-order chi connectivity index (χ1) is 6.11. The van der Waals surface area contributed by atoms with Gasteiger partial charge < -0.3 is 4.74 Å². The normalized spacial score (nSPS) is 22.3. The van der Waals surface area contributed by atoms with E-state index in [0.29, 0.717) is 11.1 Å². The molecule has 1 saturated heterocycles. The fourth-order valence-electron chi connectivity index (χ4n) is 1.79. The number of carbonyl (C=O) groups is 2. The zero-order chi connectivity index (χ0) is 9.59. The highest BCUT2D eigenvalue weighted by molar-refractivity contribution is 6.19. The van der Waals surface area contributed by atoms with Crippen LogP contribution in [0.1, 0.15) is 26.7 Å². The molecule has 0 aromatic heterocycles. The van der Waals surface area contributed by atoms with Crippen molar-refractivity contribution in [1.82, 2.24) is 0 Å². The smallest absolute Gasteiger partial charge is 0.346 e. The first-order valence-electron chi connectivity index (χ1n) is 4.27. The van der Waals surface area contributed by atoms with Crippen molar-refractivity contribution in [3.8, 4) is 0 Å². The highest BCUT2D eigenvalue weighted by Crippen LogP contribution is 2.35. The third-order valence-corrected chi connectivity index (χ3v) is 2.57. The Bertz CT molecular complexity index is 336. The van der Waals surface area contributed by atoms with Crippen LogP contribution >= 0.6 is 0 Å². The molecule has 0 atom stereocenters. The molecule has 0 aromatic carbocycles. The van der Waals surface area contributed by atoms with Crippen molar-refractivity contribution in [3.63, 3.8) is 0 Å². The van der Waals surface area contributed by atoms with Gasteiger partial charge in [-0.05, 0) is 26.7 Å². The standard InChI is InChI=1S/C10H10O3/c1-5-3-4-6(2)8-7(5)9(11)13-10(8)12/h3-4H2,1-2H3. The van der Waals surface area contributed by atoms with Crippen molar-refractivity contribution in [3.05, 3.63) is 22.3 Å². The zero-order valence-corrected chi connectivity index (χ0v) is 7.64. The Morgan fingerprint density at radius 1 is 0.923 bits per heavy atom. The van der Waals surface area contributed by atoms with Crippen LogP contribution in [0, 0.1) is 0 Å². The number of allylic oxidation sites excluding steroid dienone is 2. The van der Waals surface area contributed by atoms with Gasteiger partial charge in [0.25, 0.3) is 0 Å². The minimum atomic E-state index is -0.475. The predicted octanol–water partition coefficient (Wildman–Crippen LogP) is 1.50. The fraction of sp³-hybridized carbons (Fsp3) is 0.400. The Labute approximate surface area is 76.1 Å². The van der Waals surface area contributed by atoms with Gasteiger partial charge in [0, 0.05) is 0 Å². The van der Waals surface area contributed by atoms with Crippen molar-refractivity contribution in [2.45, 2.75) is 26.7 Å². The number of rotatable bonds is 0. The molecule has 0 amide bonds. The second-order valence-corrected chi connectivity index (χ2v) is 3.49. The lowest BCUT2D eigenvalue weighted by atomic mass is 9.88. The third-order valence-electron chi connectivity index (χ3n) is 2.57. The van der Waals surface area contributed by atoms with E-state index in [-0.39, 0.29) is 0 Å². The van der Waals surface area contributed by atoms with E-state index in [9.17, 15) is 9.59 Å². The summed E-state index contributed by atoms with van der Waals surface area (Å²) < 4.78 is 4.56. The molecule has 68 valence electrons. The van der Waals surface area contributed by atoms with Gasteiger partial charge in [0.05, 0.1) is 11.1 Å². The Morgan fingerprint density at radius 2 is 1.31 bits per heavy atom. The van der Waals surface area contributed by atoms with Crippen LogP contribution in [0.5, 0.6) is 0 Å². The lowest BCUT2D eigenvalue weighted by Crippen LogP contribution is -2.05. The van der Waals surface area contributed by atoms with E-state index >= 15 is 0 Å². The van der Waals surface area contributed by atoms with Crippen LogP contribution < -0.4 is 0 Å². The third kappa shape index (κ3) is 1.03. The van der Waals surface area contributed by atoms with Crippen LogP contribution in [0.25, 0.3) is 0 Å². The molecule has 1 aliphatic carbocycles. The molecule has 0 bridgehead atoms. The number of hydrogen-bond donors (Lipinski definition) is 0. The van der Waals surface area contributed by atoms with Crippen LogP contribution in [0.15, 0.2) is 22.3 Å². The first kappa shape index (κ1) is 8.23. The first-order valence-corrected chi connectivity index (χ1v) is 4.27. The van der Waals surface area contributed by atoms with E-state index in [4.69, 9.17) is 0 Å². The number of carbonyl (C=O) groups excluding carboxylic acids is 2. The molecule has 3 heteroatoms. The molecule has 13 heavy (non-hydrogen) atoms. The number of hydrogen-bond acceptors (Lipinski definition) is 3. The summed E-state index contributed by atoms with van der Waals surface area (Å²) in [6, 6.07) is 0. The Morgan fingerprint density at radius 3 is 1.69 bits per heavy atom. The van der Waals surface area contributed by atoms with Crippen molar-refractivity contribution in [2.75, 3.05) is 0 Å². The maximum absolute atomic E-state index is 11.2. The van der Waals surface area contributed by atoms with Gasteiger partial charge in [0.15, 0.2) is 0 Å². The van der Waals surface area contributed by atoms with Crippen LogP contribution in [0.4, 0.5) is 0 Å². The monoisotopic (exact) mass is 178 g/mol. The summed E-state index contributed by atoms with van der Waals surface area (Å²) in [5.74, 6) is -0.951. The highest BCUT2D eigenvalue weighted by Gasteiger charge is 2.37. The zero-order valence-electron chi connectivity index (χ0n) is 7.64. The molecule has 3 nitrogen and oxygen atoms in total. The molecule has 2 rings (SSSR count). The van der Waals surface area contributed by atoms with Crippen LogP contribution in [-0.4, -0.2) is 11.9 Å². The van der Waals surface area contributed by atoms with Gasteiger partial charge >= 0.3 is 11.9 Å². The number of esters is 2. The minimum Gasteiger partial charge on any atom is -0.386 e. The summed E-state index contributed by atoms with van der Waals surface area (Å²) in [6.07, 6.45) is 1.71. The van der Waals surface area contributed by atoms with Gasteiger partial charge in [-0.3, -0.25) is 0 Å². The van der Waals surface area contributed by atoms with Gasteiger partial charge in [-0.2, -0.15) is 0 Å². The minimum absolute atomic E-state index is 0.475. The summed E-state index contributed by atoms with van der Waals surface area (Å²) >= 11 is 0. The largest absolute Gasteiger partial charge is 0.386 e. The van der Waals surface area contributed by atoms with Crippen molar-refractivity contribution >= 4 is 11.9 Å². The molecule has 0 radical (unpaired) electrons. The maximum Gasteiger partial charge on any atom is 0.346 e. The van der Waals surface area contributed by atoms with Crippen molar-refractivity contribution in [1.29, 1.82) is 0 Å². The molecule has 2 aliphatic rings. The van der Waals surface area contributed by atoms with E-state index in [1.165, 1.54) is 0 Å². The van der Waals surface area contributed by atoms with E-state index in [0.717, 1.165) is 24.0 Å². The molecule has 1 aliphatic heterocycles. The topological polar surface area (TPSA) is 43.4 Å². The van der Waals surface area contributed by atoms with Gasteiger partial charge in [0.2, 0.25) is 0 Å². The molecule has 0 aromatic rings. The van der Waals surface area contributed by atoms with Gasteiger partial charge in [-0.25, -0.2) is 9.59 Å². The second kappa shape index (κ2) is 2.55. The van der Waals surface area contributed by atoms with Gasteiger partial charge in [-0.1, -0.05) is 11.1 Å². The van der Waals surface area contributed by atoms with Crippen molar-refractivity contribution in [2.24, 2.45) is 0 Å². The SMILES string of the molecule is CC1=C2C(=O)OC(=O)C2=C(C)CC1. The number of cyclic esters (lactones) is 2. The van der Waals surface area contributed by atoms with Gasteiger partial charge in [0.1, 0.15) is 0 Å². The average molecular weight is 178 g/mol. The van der Waals surface area contributed by atoms with E-state index in [1.54, 1.807) is 0 Å². The van der Waals surface area contributed by atoms with Crippen LogP contribution in [-0.2, 0) is 14.3 Å². The van der Waals surface area contributed by atoms with E-state index in [1.807, 2.05) is 13.8 Å². The Balaban J connectivity index is 2.64. The average Bonchev–Trinajstić information content (AvgIpc) is 2.36. The molecule has 1 heterocycles.